The fourth-order valence-corrected chi connectivity index (χ4v) is 3.44. The second-order valence-electron chi connectivity index (χ2n) is 7.15. The molecule has 0 fully saturated rings. The van der Waals surface area contributed by atoms with Gasteiger partial charge < -0.3 is 14.6 Å². The first-order valence-electron chi connectivity index (χ1n) is 9.98. The van der Waals surface area contributed by atoms with E-state index in [0.717, 1.165) is 16.8 Å². The molecule has 4 aromatic rings. The number of phenols is 1. The van der Waals surface area contributed by atoms with Gasteiger partial charge in [0.05, 0.1) is 25.5 Å². The Morgan fingerprint density at radius 3 is 2.47 bits per heavy atom. The van der Waals surface area contributed by atoms with Gasteiger partial charge in [0.1, 0.15) is 22.9 Å². The highest BCUT2D eigenvalue weighted by atomic mass is 16.5. The Labute approximate surface area is 185 Å². The van der Waals surface area contributed by atoms with Crippen molar-refractivity contribution in [2.45, 2.75) is 6.92 Å². The first kappa shape index (κ1) is 21.0. The van der Waals surface area contributed by atoms with Gasteiger partial charge in [0, 0.05) is 23.5 Å². The van der Waals surface area contributed by atoms with E-state index in [4.69, 9.17) is 9.47 Å². The number of aromatic amines is 1. The smallest absolute Gasteiger partial charge is 0.280 e. The summed E-state index contributed by atoms with van der Waals surface area (Å²) in [6.07, 6.45) is 1.47. The second kappa shape index (κ2) is 8.85. The molecule has 4 rings (SSSR count). The molecule has 7 nitrogen and oxygen atoms in total. The highest BCUT2D eigenvalue weighted by molar-refractivity contribution is 5.84. The fourth-order valence-electron chi connectivity index (χ4n) is 3.44. The maximum Gasteiger partial charge on any atom is 0.280 e. The number of phenolic OH excluding ortho intramolecular Hbond substituents is 1. The number of methoxy groups -OCH3 is 2. The summed E-state index contributed by atoms with van der Waals surface area (Å²) in [7, 11) is 3.17. The lowest BCUT2D eigenvalue weighted by Crippen LogP contribution is -2.17. The van der Waals surface area contributed by atoms with Crippen LogP contribution in [0.5, 0.6) is 17.2 Å². The second-order valence-corrected chi connectivity index (χ2v) is 7.15. The van der Waals surface area contributed by atoms with Crippen molar-refractivity contribution >= 4 is 11.9 Å². The molecular formula is C25H23N3O4. The van der Waals surface area contributed by atoms with E-state index in [-0.39, 0.29) is 11.3 Å². The lowest BCUT2D eigenvalue weighted by molar-refractivity contribution is 0.395. The van der Waals surface area contributed by atoms with E-state index in [2.05, 4.69) is 10.1 Å². The number of ether oxygens (including phenoxy) is 2. The largest absolute Gasteiger partial charge is 0.506 e. The minimum atomic E-state index is -0.212. The molecule has 0 saturated carbocycles. The number of hydrogen-bond acceptors (Lipinski definition) is 5. The quantitative estimate of drug-likeness (QED) is 0.438. The monoisotopic (exact) mass is 429 g/mol. The van der Waals surface area contributed by atoms with Gasteiger partial charge >= 0.3 is 0 Å². The van der Waals surface area contributed by atoms with Crippen molar-refractivity contribution in [3.8, 4) is 34.1 Å². The van der Waals surface area contributed by atoms with Crippen LogP contribution in [-0.2, 0) is 0 Å². The maximum absolute atomic E-state index is 12.8. The Morgan fingerprint density at radius 2 is 1.78 bits per heavy atom. The highest BCUT2D eigenvalue weighted by Gasteiger charge is 2.12. The van der Waals surface area contributed by atoms with Crippen molar-refractivity contribution in [2.24, 2.45) is 4.99 Å². The normalized spacial score (nSPS) is 11.1. The highest BCUT2D eigenvalue weighted by Crippen LogP contribution is 2.37. The molecule has 0 atom stereocenters. The number of rotatable bonds is 6. The third-order valence-electron chi connectivity index (χ3n) is 5.16. The van der Waals surface area contributed by atoms with Gasteiger partial charge in [-0.15, -0.1) is 0 Å². The summed E-state index contributed by atoms with van der Waals surface area (Å²) in [5.74, 6) is 1.30. The van der Waals surface area contributed by atoms with Crippen LogP contribution >= 0.6 is 0 Å². The number of H-pyrrole nitrogens is 1. The van der Waals surface area contributed by atoms with Gasteiger partial charge in [-0.25, -0.2) is 4.68 Å². The van der Waals surface area contributed by atoms with Crippen LogP contribution < -0.4 is 15.0 Å². The fraction of sp³-hybridized carbons (Fsp3) is 0.120. The number of benzene rings is 3. The average Bonchev–Trinajstić information content (AvgIpc) is 3.11. The van der Waals surface area contributed by atoms with E-state index in [0.29, 0.717) is 28.4 Å². The van der Waals surface area contributed by atoms with Crippen LogP contribution in [0.15, 0.2) is 76.5 Å². The van der Waals surface area contributed by atoms with Gasteiger partial charge in [-0.05, 0) is 48.9 Å². The minimum absolute atomic E-state index is 0.00630. The lowest BCUT2D eigenvalue weighted by Gasteiger charge is -2.11. The van der Waals surface area contributed by atoms with Gasteiger partial charge in [0.2, 0.25) is 0 Å². The summed E-state index contributed by atoms with van der Waals surface area (Å²) in [6.45, 7) is 1.81. The molecule has 0 spiro atoms. The first-order valence-corrected chi connectivity index (χ1v) is 9.98. The molecule has 2 N–H and O–H groups in total. The predicted octanol–water partition coefficient (Wildman–Crippen LogP) is 4.61. The predicted molar refractivity (Wildman–Crippen MR) is 125 cm³/mol. The molecule has 0 saturated heterocycles. The van der Waals surface area contributed by atoms with E-state index >= 15 is 0 Å². The van der Waals surface area contributed by atoms with Crippen molar-refractivity contribution in [3.05, 3.63) is 88.3 Å². The minimum Gasteiger partial charge on any atom is -0.506 e. The van der Waals surface area contributed by atoms with E-state index < -0.39 is 0 Å². The van der Waals surface area contributed by atoms with Gasteiger partial charge in [-0.2, -0.15) is 0 Å². The summed E-state index contributed by atoms with van der Waals surface area (Å²) in [5.41, 5.74) is 3.57. The Morgan fingerprint density at radius 1 is 1.00 bits per heavy atom. The van der Waals surface area contributed by atoms with E-state index in [9.17, 15) is 9.90 Å². The van der Waals surface area contributed by atoms with Crippen molar-refractivity contribution in [2.75, 3.05) is 14.2 Å². The zero-order valence-electron chi connectivity index (χ0n) is 18.0. The molecule has 0 aliphatic carbocycles. The van der Waals surface area contributed by atoms with Crippen LogP contribution in [0.25, 0.3) is 16.8 Å². The number of aliphatic imine (C=N–C) groups is 1. The molecule has 0 radical (unpaired) electrons. The number of para-hydroxylation sites is 1. The molecule has 162 valence electrons. The summed E-state index contributed by atoms with van der Waals surface area (Å²) in [5, 5.41) is 13.6. The van der Waals surface area contributed by atoms with Crippen molar-refractivity contribution in [1.29, 1.82) is 0 Å². The number of hydrogen-bond donors (Lipinski definition) is 2. The zero-order chi connectivity index (χ0) is 22.7. The molecule has 1 heterocycles. The van der Waals surface area contributed by atoms with E-state index in [1.54, 1.807) is 39.3 Å². The molecule has 0 amide bonds. The number of aromatic nitrogens is 2. The number of aromatic hydroxyl groups is 1. The standard InChI is InChI=1S/C25H23N3O4/c1-16-21(25(30)28(27-16)18-7-5-4-6-8-18)15-26-22-12-9-17(13-23(22)29)20-11-10-19(31-2)14-24(20)32-3/h4-15,27,29H,1-3H3. The Bertz CT molecular complexity index is 1340. The van der Waals surface area contributed by atoms with E-state index in [1.807, 2.05) is 48.5 Å². The van der Waals surface area contributed by atoms with Crippen LogP contribution in [0.2, 0.25) is 0 Å². The molecule has 32 heavy (non-hydrogen) atoms. The maximum atomic E-state index is 12.8. The average molecular weight is 429 g/mol. The Kier molecular flexibility index (Phi) is 5.81. The summed E-state index contributed by atoms with van der Waals surface area (Å²) in [4.78, 5) is 17.2. The van der Waals surface area contributed by atoms with Crippen LogP contribution in [0.3, 0.4) is 0 Å². The molecule has 0 aliphatic rings. The van der Waals surface area contributed by atoms with Crippen molar-refractivity contribution in [3.63, 3.8) is 0 Å². The molecule has 0 bridgehead atoms. The topological polar surface area (TPSA) is 88.8 Å². The molecule has 7 heteroatoms. The first-order chi connectivity index (χ1) is 15.5. The van der Waals surface area contributed by atoms with Gasteiger partial charge in [-0.3, -0.25) is 14.9 Å². The van der Waals surface area contributed by atoms with Crippen molar-refractivity contribution in [1.82, 2.24) is 9.78 Å². The Hall–Kier alpha value is -4.26. The molecular weight excluding hydrogens is 406 g/mol. The van der Waals surface area contributed by atoms with Crippen LogP contribution in [0, 0.1) is 6.92 Å². The third-order valence-corrected chi connectivity index (χ3v) is 5.16. The van der Waals surface area contributed by atoms with E-state index in [1.165, 1.54) is 10.9 Å². The zero-order valence-corrected chi connectivity index (χ0v) is 18.0. The van der Waals surface area contributed by atoms with Gasteiger partial charge in [0.15, 0.2) is 0 Å². The third kappa shape index (κ3) is 4.00. The van der Waals surface area contributed by atoms with Crippen LogP contribution in [0.4, 0.5) is 5.69 Å². The van der Waals surface area contributed by atoms with Gasteiger partial charge in [-0.1, -0.05) is 24.3 Å². The SMILES string of the molecule is COc1ccc(-c2ccc(N=Cc3c(C)[nH]n(-c4ccccc4)c3=O)c(O)c2)c(OC)c1. The number of nitrogens with zero attached hydrogens (tertiary/aromatic N) is 2. The number of nitrogens with one attached hydrogen (secondary N) is 1. The Balaban J connectivity index is 1.65. The summed E-state index contributed by atoms with van der Waals surface area (Å²) in [6, 6.07) is 19.9. The lowest BCUT2D eigenvalue weighted by atomic mass is 10.0. The van der Waals surface area contributed by atoms with Crippen molar-refractivity contribution < 1.29 is 14.6 Å². The van der Waals surface area contributed by atoms with Crippen LogP contribution in [-0.4, -0.2) is 35.3 Å². The summed E-state index contributed by atoms with van der Waals surface area (Å²) < 4.78 is 12.2. The summed E-state index contributed by atoms with van der Waals surface area (Å²) >= 11 is 0. The molecule has 1 aromatic heterocycles. The van der Waals surface area contributed by atoms with Crippen LogP contribution in [0.1, 0.15) is 11.3 Å². The molecule has 0 unspecified atom stereocenters. The molecule has 0 aliphatic heterocycles. The molecule has 3 aromatic carbocycles. The van der Waals surface area contributed by atoms with Gasteiger partial charge in [0.25, 0.3) is 5.56 Å². The number of aryl methyl sites for hydroxylation is 1.